The second-order valence-electron chi connectivity index (χ2n) is 11.2. The van der Waals surface area contributed by atoms with Crippen LogP contribution in [0.1, 0.15) is 0 Å². The second-order valence-corrected chi connectivity index (χ2v) is 11.2. The molecule has 8 aromatic carbocycles. The number of hydrogen-bond donors (Lipinski definition) is 0. The van der Waals surface area contributed by atoms with E-state index in [1.165, 1.54) is 54.6 Å². The van der Waals surface area contributed by atoms with Gasteiger partial charge in [0.15, 0.2) is 0 Å². The molecule has 0 amide bonds. The maximum Gasteiger partial charge on any atom is 0.147 e. The van der Waals surface area contributed by atoms with Gasteiger partial charge in [0, 0.05) is 16.2 Å². The van der Waals surface area contributed by atoms with Crippen molar-refractivity contribution in [3.8, 4) is 22.3 Å². The molecule has 0 aliphatic carbocycles. The SMILES string of the molecule is c1ccc(-c2c3ccccc3c(-c3cc4cccc5oc6c7c(cc3c6c45)oc3ccccc37)c3ccccc23)cc1. The lowest BCUT2D eigenvalue weighted by Gasteiger charge is -2.19. The summed E-state index contributed by atoms with van der Waals surface area (Å²) < 4.78 is 13.1. The zero-order valence-corrected chi connectivity index (χ0v) is 22.5. The molecule has 10 rings (SSSR count). The summed E-state index contributed by atoms with van der Waals surface area (Å²) in [4.78, 5) is 0. The molecule has 42 heavy (non-hydrogen) atoms. The molecule has 0 fully saturated rings. The molecule has 0 radical (unpaired) electrons. The van der Waals surface area contributed by atoms with Crippen molar-refractivity contribution < 1.29 is 8.83 Å². The van der Waals surface area contributed by atoms with Crippen LogP contribution in [0.5, 0.6) is 0 Å². The molecule has 10 aromatic rings. The van der Waals surface area contributed by atoms with E-state index in [4.69, 9.17) is 8.83 Å². The van der Waals surface area contributed by atoms with Gasteiger partial charge in [-0.05, 0) is 78.8 Å². The number of benzene rings is 8. The highest BCUT2D eigenvalue weighted by Gasteiger charge is 2.24. The first kappa shape index (κ1) is 22.1. The third kappa shape index (κ3) is 2.78. The summed E-state index contributed by atoms with van der Waals surface area (Å²) in [7, 11) is 0. The van der Waals surface area contributed by atoms with Crippen LogP contribution in [-0.4, -0.2) is 0 Å². The van der Waals surface area contributed by atoms with Gasteiger partial charge in [-0.3, -0.25) is 0 Å². The topological polar surface area (TPSA) is 26.3 Å². The van der Waals surface area contributed by atoms with Gasteiger partial charge in [-0.1, -0.05) is 109 Å². The van der Waals surface area contributed by atoms with Gasteiger partial charge >= 0.3 is 0 Å². The average molecular weight is 535 g/mol. The zero-order chi connectivity index (χ0) is 27.4. The van der Waals surface area contributed by atoms with E-state index in [1.807, 2.05) is 12.1 Å². The van der Waals surface area contributed by atoms with Crippen molar-refractivity contribution in [1.29, 1.82) is 0 Å². The molecular weight excluding hydrogens is 512 g/mol. The summed E-state index contributed by atoms with van der Waals surface area (Å²) in [6.07, 6.45) is 0. The quantitative estimate of drug-likeness (QED) is 0.163. The first-order chi connectivity index (χ1) is 20.8. The van der Waals surface area contributed by atoms with E-state index in [0.29, 0.717) is 0 Å². The van der Waals surface area contributed by atoms with Crippen LogP contribution in [0.15, 0.2) is 142 Å². The van der Waals surface area contributed by atoms with Gasteiger partial charge in [0.1, 0.15) is 22.3 Å². The van der Waals surface area contributed by atoms with Crippen molar-refractivity contribution in [3.05, 3.63) is 133 Å². The summed E-state index contributed by atoms with van der Waals surface area (Å²) in [6, 6.07) is 47.6. The van der Waals surface area contributed by atoms with Crippen LogP contribution in [0.3, 0.4) is 0 Å². The average Bonchev–Trinajstić information content (AvgIpc) is 3.62. The molecule has 0 unspecified atom stereocenters. The molecule has 0 aliphatic heterocycles. The van der Waals surface area contributed by atoms with Gasteiger partial charge < -0.3 is 8.83 Å². The molecule has 0 saturated carbocycles. The van der Waals surface area contributed by atoms with Gasteiger partial charge in [-0.15, -0.1) is 0 Å². The minimum Gasteiger partial charge on any atom is -0.456 e. The minimum absolute atomic E-state index is 0.849. The maximum absolute atomic E-state index is 6.68. The highest BCUT2D eigenvalue weighted by Crippen LogP contribution is 2.50. The number of furan rings is 2. The third-order valence-corrected chi connectivity index (χ3v) is 9.00. The van der Waals surface area contributed by atoms with Gasteiger partial charge in [-0.25, -0.2) is 0 Å². The lowest BCUT2D eigenvalue weighted by atomic mass is 9.83. The molecule has 0 spiro atoms. The Morgan fingerprint density at radius 3 is 1.71 bits per heavy atom. The van der Waals surface area contributed by atoms with Crippen LogP contribution < -0.4 is 0 Å². The predicted molar refractivity (Wildman–Crippen MR) is 176 cm³/mol. The fourth-order valence-electron chi connectivity index (χ4n) is 7.32. The number of fused-ring (bicyclic) bond motifs is 6. The van der Waals surface area contributed by atoms with Gasteiger partial charge in [0.25, 0.3) is 0 Å². The summed E-state index contributed by atoms with van der Waals surface area (Å²) in [5.74, 6) is 0. The van der Waals surface area contributed by atoms with Gasteiger partial charge in [0.05, 0.1) is 5.39 Å². The maximum atomic E-state index is 6.68. The molecule has 0 bridgehead atoms. The second kappa shape index (κ2) is 7.99. The van der Waals surface area contributed by atoms with Crippen LogP contribution >= 0.6 is 0 Å². The lowest BCUT2D eigenvalue weighted by molar-refractivity contribution is 0.663. The third-order valence-electron chi connectivity index (χ3n) is 9.00. The Hall–Kier alpha value is -5.60. The highest BCUT2D eigenvalue weighted by atomic mass is 16.3. The fourth-order valence-corrected chi connectivity index (χ4v) is 7.32. The van der Waals surface area contributed by atoms with Crippen molar-refractivity contribution in [2.45, 2.75) is 0 Å². The van der Waals surface area contributed by atoms with E-state index in [-0.39, 0.29) is 0 Å². The van der Waals surface area contributed by atoms with Crippen LogP contribution in [-0.2, 0) is 0 Å². The number of hydrogen-bond acceptors (Lipinski definition) is 2. The summed E-state index contributed by atoms with van der Waals surface area (Å²) in [6.45, 7) is 0. The van der Waals surface area contributed by atoms with Crippen molar-refractivity contribution in [3.63, 3.8) is 0 Å². The Kier molecular flexibility index (Phi) is 4.21. The Labute approximate surface area is 240 Å². The highest BCUT2D eigenvalue weighted by molar-refractivity contribution is 6.35. The zero-order valence-electron chi connectivity index (χ0n) is 22.5. The molecule has 0 atom stereocenters. The Bertz CT molecular complexity index is 2610. The number of rotatable bonds is 2. The monoisotopic (exact) mass is 534 g/mol. The van der Waals surface area contributed by atoms with Crippen molar-refractivity contribution >= 4 is 76.2 Å². The molecule has 0 N–H and O–H groups in total. The van der Waals surface area contributed by atoms with Gasteiger partial charge in [-0.2, -0.15) is 0 Å². The Balaban J connectivity index is 1.45. The molecule has 0 aliphatic rings. The molecule has 0 saturated heterocycles. The number of para-hydroxylation sites is 1. The molecule has 2 nitrogen and oxygen atoms in total. The predicted octanol–water partition coefficient (Wildman–Crippen LogP) is 11.7. The largest absolute Gasteiger partial charge is 0.456 e. The Morgan fingerprint density at radius 2 is 0.976 bits per heavy atom. The normalized spacial score (nSPS) is 12.3. The van der Waals surface area contributed by atoms with Crippen molar-refractivity contribution in [2.75, 3.05) is 0 Å². The first-order valence-electron chi connectivity index (χ1n) is 14.4. The van der Waals surface area contributed by atoms with E-state index in [2.05, 4.69) is 121 Å². The van der Waals surface area contributed by atoms with E-state index < -0.39 is 0 Å². The van der Waals surface area contributed by atoms with Crippen molar-refractivity contribution in [2.24, 2.45) is 0 Å². The first-order valence-corrected chi connectivity index (χ1v) is 14.4. The van der Waals surface area contributed by atoms with E-state index >= 15 is 0 Å². The van der Waals surface area contributed by atoms with E-state index in [1.54, 1.807) is 0 Å². The van der Waals surface area contributed by atoms with Crippen molar-refractivity contribution in [1.82, 2.24) is 0 Å². The molecule has 2 heteroatoms. The smallest absolute Gasteiger partial charge is 0.147 e. The molecule has 2 heterocycles. The molecule has 194 valence electrons. The van der Waals surface area contributed by atoms with Crippen LogP contribution in [0.2, 0.25) is 0 Å². The van der Waals surface area contributed by atoms with E-state index in [9.17, 15) is 0 Å². The lowest BCUT2D eigenvalue weighted by Crippen LogP contribution is -1.92. The molecule has 2 aromatic heterocycles. The Morgan fingerprint density at radius 1 is 0.357 bits per heavy atom. The molecular formula is C40H22O2. The standard InChI is InChI=1S/C40H22O2/c1-2-11-23(12-3-1)35-25-14-4-6-16-27(25)37(28-17-7-5-15-26(28)35)30-21-24-13-10-20-33-36(24)39-31(30)22-34-38(40(39)42-33)29-18-8-9-19-32(29)41-34/h1-22H. The fraction of sp³-hybridized carbons (Fsp3) is 0. The van der Waals surface area contributed by atoms with E-state index in [0.717, 1.165) is 43.9 Å². The van der Waals surface area contributed by atoms with Gasteiger partial charge in [0.2, 0.25) is 0 Å². The summed E-state index contributed by atoms with van der Waals surface area (Å²) in [5.41, 5.74) is 8.45. The van der Waals surface area contributed by atoms with Crippen LogP contribution in [0.25, 0.3) is 98.4 Å². The summed E-state index contributed by atoms with van der Waals surface area (Å²) >= 11 is 0. The van der Waals surface area contributed by atoms with Crippen LogP contribution in [0.4, 0.5) is 0 Å². The summed E-state index contributed by atoms with van der Waals surface area (Å²) in [5, 5.41) is 11.8. The van der Waals surface area contributed by atoms with Crippen LogP contribution in [0, 0.1) is 0 Å². The minimum atomic E-state index is 0.849.